The summed E-state index contributed by atoms with van der Waals surface area (Å²) in [5.74, 6) is -0.374. The van der Waals surface area contributed by atoms with Crippen molar-refractivity contribution in [3.8, 4) is 11.5 Å². The molecule has 0 heterocycles. The Kier molecular flexibility index (Phi) is 7.97. The van der Waals surface area contributed by atoms with Crippen LogP contribution in [0.15, 0.2) is 137 Å². The summed E-state index contributed by atoms with van der Waals surface area (Å²) in [6.45, 7) is 3.74. The molecule has 0 bridgehead atoms. The van der Waals surface area contributed by atoms with Crippen LogP contribution >= 0.6 is 0 Å². The van der Waals surface area contributed by atoms with Gasteiger partial charge in [-0.2, -0.15) is 16.8 Å². The van der Waals surface area contributed by atoms with Gasteiger partial charge in [0.15, 0.2) is 0 Å². The smallest absolute Gasteiger partial charge is 0.339 e. The number of para-hydroxylation sites is 2. The lowest BCUT2D eigenvalue weighted by atomic mass is 9.84. The molecule has 0 saturated carbocycles. The van der Waals surface area contributed by atoms with Gasteiger partial charge in [0.2, 0.25) is 0 Å². The van der Waals surface area contributed by atoms with E-state index in [1.807, 2.05) is 44.2 Å². The predicted molar refractivity (Wildman–Crippen MR) is 158 cm³/mol. The molecule has 0 saturated heterocycles. The van der Waals surface area contributed by atoms with E-state index in [4.69, 9.17) is 8.37 Å². The Balaban J connectivity index is 1.62. The molecule has 8 heteroatoms. The van der Waals surface area contributed by atoms with Crippen LogP contribution in [0.5, 0.6) is 11.5 Å². The monoisotopic (exact) mass is 584 g/mol. The molecule has 6 nitrogen and oxygen atoms in total. The zero-order valence-corrected chi connectivity index (χ0v) is 24.1. The Morgan fingerprint density at radius 1 is 0.463 bits per heavy atom. The van der Waals surface area contributed by atoms with E-state index in [1.54, 1.807) is 72.8 Å². The minimum Gasteiger partial charge on any atom is -0.379 e. The average molecular weight is 585 g/mol. The van der Waals surface area contributed by atoms with Gasteiger partial charge in [-0.3, -0.25) is 0 Å². The zero-order valence-electron chi connectivity index (χ0n) is 22.5. The van der Waals surface area contributed by atoms with Gasteiger partial charge in [0.1, 0.15) is 21.3 Å². The molecule has 0 aliphatic carbocycles. The molecule has 5 rings (SSSR count). The quantitative estimate of drug-likeness (QED) is 0.137. The van der Waals surface area contributed by atoms with Crippen molar-refractivity contribution in [3.05, 3.63) is 155 Å². The number of rotatable bonds is 9. The molecule has 5 aromatic carbocycles. The number of benzene rings is 5. The second-order valence-corrected chi connectivity index (χ2v) is 12.7. The maximum absolute atomic E-state index is 13.3. The SMILES string of the molecule is Cc1ccc(S(=O)(=O)Oc2ccccc2C(c2ccccc2)c2ccccc2OS(=O)(=O)c2ccc(C)cc2)cc1. The van der Waals surface area contributed by atoms with Crippen LogP contribution < -0.4 is 8.37 Å². The minimum absolute atomic E-state index is 0.0297. The van der Waals surface area contributed by atoms with Gasteiger partial charge in [0, 0.05) is 17.0 Å². The molecule has 0 aliphatic heterocycles. The molecule has 0 unspecified atom stereocenters. The van der Waals surface area contributed by atoms with Crippen molar-refractivity contribution in [3.63, 3.8) is 0 Å². The highest BCUT2D eigenvalue weighted by Crippen LogP contribution is 2.42. The summed E-state index contributed by atoms with van der Waals surface area (Å²) in [5, 5.41) is 0. The van der Waals surface area contributed by atoms with Crippen molar-refractivity contribution in [2.45, 2.75) is 29.6 Å². The Bertz CT molecular complexity index is 1740. The summed E-state index contributed by atoms with van der Waals surface area (Å²) in [6.07, 6.45) is 0. The zero-order chi connectivity index (χ0) is 29.0. The van der Waals surface area contributed by atoms with Gasteiger partial charge < -0.3 is 8.37 Å². The van der Waals surface area contributed by atoms with Crippen LogP contribution in [0.4, 0.5) is 0 Å². The van der Waals surface area contributed by atoms with Crippen LogP contribution in [0.25, 0.3) is 0 Å². The van der Waals surface area contributed by atoms with E-state index in [-0.39, 0.29) is 21.3 Å². The molecule has 0 aliphatic rings. The van der Waals surface area contributed by atoms with Gasteiger partial charge in [0.25, 0.3) is 0 Å². The van der Waals surface area contributed by atoms with Gasteiger partial charge in [-0.15, -0.1) is 0 Å². The van der Waals surface area contributed by atoms with Crippen LogP contribution in [-0.4, -0.2) is 16.8 Å². The van der Waals surface area contributed by atoms with Gasteiger partial charge in [-0.05, 0) is 55.8 Å². The second-order valence-electron chi connectivity index (χ2n) is 9.62. The first-order chi connectivity index (χ1) is 19.6. The van der Waals surface area contributed by atoms with Crippen molar-refractivity contribution in [2.24, 2.45) is 0 Å². The maximum Gasteiger partial charge on any atom is 0.339 e. The van der Waals surface area contributed by atoms with Crippen LogP contribution in [-0.2, 0) is 20.2 Å². The number of hydrogen-bond donors (Lipinski definition) is 0. The normalized spacial score (nSPS) is 11.8. The maximum atomic E-state index is 13.3. The molecule has 0 fully saturated rings. The number of aryl methyl sites for hydroxylation is 2. The van der Waals surface area contributed by atoms with Gasteiger partial charge in [-0.25, -0.2) is 0 Å². The lowest BCUT2D eigenvalue weighted by molar-refractivity contribution is 0.479. The number of hydrogen-bond acceptors (Lipinski definition) is 6. The topological polar surface area (TPSA) is 86.7 Å². The lowest BCUT2D eigenvalue weighted by Gasteiger charge is -2.23. The third kappa shape index (κ3) is 6.34. The van der Waals surface area contributed by atoms with E-state index in [0.717, 1.165) is 16.7 Å². The highest BCUT2D eigenvalue weighted by molar-refractivity contribution is 7.87. The van der Waals surface area contributed by atoms with E-state index in [2.05, 4.69) is 0 Å². The fourth-order valence-corrected chi connectivity index (χ4v) is 6.41. The van der Waals surface area contributed by atoms with Crippen molar-refractivity contribution in [1.29, 1.82) is 0 Å². The van der Waals surface area contributed by atoms with E-state index in [1.165, 1.54) is 24.3 Å². The highest BCUT2D eigenvalue weighted by atomic mass is 32.2. The molecular formula is C33H28O6S2. The summed E-state index contributed by atoms with van der Waals surface area (Å²) in [4.78, 5) is 0.0594. The van der Waals surface area contributed by atoms with Crippen LogP contribution in [0.3, 0.4) is 0 Å². The first kappa shape index (κ1) is 28.1. The first-order valence-corrected chi connectivity index (χ1v) is 15.7. The molecule has 0 aromatic heterocycles. The molecule has 0 radical (unpaired) electrons. The first-order valence-electron chi connectivity index (χ1n) is 12.9. The minimum atomic E-state index is -4.16. The Morgan fingerprint density at radius 3 is 1.24 bits per heavy atom. The average Bonchev–Trinajstić information content (AvgIpc) is 2.96. The van der Waals surface area contributed by atoms with Crippen molar-refractivity contribution in [1.82, 2.24) is 0 Å². The lowest BCUT2D eigenvalue weighted by Crippen LogP contribution is -2.15. The van der Waals surface area contributed by atoms with E-state index in [9.17, 15) is 16.8 Å². The Morgan fingerprint density at radius 2 is 0.829 bits per heavy atom. The molecule has 5 aromatic rings. The Hall–Kier alpha value is -4.40. The van der Waals surface area contributed by atoms with Crippen LogP contribution in [0.1, 0.15) is 33.7 Å². The summed E-state index contributed by atoms with van der Waals surface area (Å²) < 4.78 is 64.5. The molecular weight excluding hydrogens is 556 g/mol. The third-order valence-electron chi connectivity index (χ3n) is 6.61. The highest BCUT2D eigenvalue weighted by Gasteiger charge is 2.28. The fourth-order valence-electron chi connectivity index (χ4n) is 4.50. The molecule has 0 amide bonds. The molecule has 0 spiro atoms. The van der Waals surface area contributed by atoms with Crippen LogP contribution in [0.2, 0.25) is 0 Å². The summed E-state index contributed by atoms with van der Waals surface area (Å²) in [5.41, 5.74) is 3.69. The van der Waals surface area contributed by atoms with Gasteiger partial charge in [-0.1, -0.05) is 102 Å². The van der Waals surface area contributed by atoms with E-state index >= 15 is 0 Å². The molecule has 41 heavy (non-hydrogen) atoms. The molecule has 0 N–H and O–H groups in total. The van der Waals surface area contributed by atoms with Crippen LogP contribution in [0, 0.1) is 13.8 Å². The summed E-state index contributed by atoms with van der Waals surface area (Å²) in [7, 11) is -8.31. The predicted octanol–water partition coefficient (Wildman–Crippen LogP) is 7.02. The van der Waals surface area contributed by atoms with Gasteiger partial charge >= 0.3 is 20.2 Å². The second kappa shape index (κ2) is 11.6. The van der Waals surface area contributed by atoms with Gasteiger partial charge in [0.05, 0.1) is 0 Å². The van der Waals surface area contributed by atoms with Crippen molar-refractivity contribution in [2.75, 3.05) is 0 Å². The van der Waals surface area contributed by atoms with E-state index in [0.29, 0.717) is 11.1 Å². The molecule has 0 atom stereocenters. The summed E-state index contributed by atoms with van der Waals surface area (Å²) in [6, 6.07) is 35.9. The van der Waals surface area contributed by atoms with Crippen molar-refractivity contribution >= 4 is 20.2 Å². The van der Waals surface area contributed by atoms with Crippen molar-refractivity contribution < 1.29 is 25.2 Å². The fraction of sp³-hybridized carbons (Fsp3) is 0.0909. The summed E-state index contributed by atoms with van der Waals surface area (Å²) >= 11 is 0. The van der Waals surface area contributed by atoms with E-state index < -0.39 is 26.2 Å². The largest absolute Gasteiger partial charge is 0.379 e. The Labute approximate surface area is 241 Å². The standard InChI is InChI=1S/C33H28O6S2/c1-24-16-20-27(21-17-24)40(34,35)38-31-14-8-6-12-29(31)33(26-10-4-3-5-11-26)30-13-7-9-15-32(30)39-41(36,37)28-22-18-25(2)19-23-28/h3-23,33H,1-2H3. The molecule has 208 valence electrons. The third-order valence-corrected chi connectivity index (χ3v) is 9.11.